The number of amides is 1. The van der Waals surface area contributed by atoms with Crippen LogP contribution >= 0.6 is 12.2 Å². The maximum absolute atomic E-state index is 12.0. The lowest BCUT2D eigenvalue weighted by Crippen LogP contribution is -2.39. The number of rotatable bonds is 7. The molecule has 1 atom stereocenters. The number of benzene rings is 2. The molecule has 24 heavy (non-hydrogen) atoms. The lowest BCUT2D eigenvalue weighted by molar-refractivity contribution is 0.0976. The molecule has 0 saturated carbocycles. The second kappa shape index (κ2) is 9.80. The Balaban J connectivity index is 1.70. The average molecular weight is 342 g/mol. The molecule has 4 nitrogen and oxygen atoms in total. The summed E-state index contributed by atoms with van der Waals surface area (Å²) in [5.41, 5.74) is 1.71. The Morgan fingerprint density at radius 3 is 2.29 bits per heavy atom. The van der Waals surface area contributed by atoms with Crippen molar-refractivity contribution in [1.82, 2.24) is 10.6 Å². The first-order valence-corrected chi connectivity index (χ1v) is 8.41. The molecular weight excluding hydrogens is 320 g/mol. The van der Waals surface area contributed by atoms with Gasteiger partial charge in [-0.15, -0.1) is 0 Å². The van der Waals surface area contributed by atoms with E-state index in [9.17, 15) is 9.90 Å². The Kier molecular flexibility index (Phi) is 7.39. The average Bonchev–Trinajstić information content (AvgIpc) is 2.63. The van der Waals surface area contributed by atoms with Crippen LogP contribution in [-0.4, -0.2) is 29.3 Å². The summed E-state index contributed by atoms with van der Waals surface area (Å²) in [4.78, 5) is 12.0. The first kappa shape index (κ1) is 18.1. The van der Waals surface area contributed by atoms with Crippen LogP contribution in [0.25, 0.3) is 0 Å². The summed E-state index contributed by atoms with van der Waals surface area (Å²) in [6.45, 7) is 0.774. The first-order chi connectivity index (χ1) is 11.7. The summed E-state index contributed by atoms with van der Waals surface area (Å²) in [6, 6.07) is 18.9. The maximum atomic E-state index is 12.0. The van der Waals surface area contributed by atoms with Gasteiger partial charge in [0.2, 0.25) is 0 Å². The van der Waals surface area contributed by atoms with Gasteiger partial charge in [-0.05, 0) is 42.8 Å². The predicted octanol–water partition coefficient (Wildman–Crippen LogP) is 2.85. The van der Waals surface area contributed by atoms with Crippen LogP contribution in [0.5, 0.6) is 0 Å². The molecule has 0 radical (unpaired) electrons. The number of nitrogens with one attached hydrogen (secondary N) is 2. The molecule has 0 aliphatic heterocycles. The molecule has 1 amide bonds. The van der Waals surface area contributed by atoms with Crippen molar-refractivity contribution in [2.75, 3.05) is 13.2 Å². The second-order valence-corrected chi connectivity index (χ2v) is 5.92. The third-order valence-corrected chi connectivity index (χ3v) is 4.02. The van der Waals surface area contributed by atoms with E-state index in [4.69, 9.17) is 12.2 Å². The van der Waals surface area contributed by atoms with Gasteiger partial charge in [0.15, 0.2) is 5.11 Å². The fraction of sp³-hybridized carbons (Fsp3) is 0.263. The topological polar surface area (TPSA) is 61.4 Å². The van der Waals surface area contributed by atoms with Crippen molar-refractivity contribution in [2.45, 2.75) is 18.8 Å². The van der Waals surface area contributed by atoms with Gasteiger partial charge in [-0.3, -0.25) is 10.1 Å². The Labute approximate surface area is 147 Å². The van der Waals surface area contributed by atoms with Crippen LogP contribution in [0.2, 0.25) is 0 Å². The minimum absolute atomic E-state index is 0.124. The van der Waals surface area contributed by atoms with Gasteiger partial charge in [-0.1, -0.05) is 48.5 Å². The van der Waals surface area contributed by atoms with Crippen molar-refractivity contribution in [1.29, 1.82) is 0 Å². The van der Waals surface area contributed by atoms with E-state index < -0.39 is 0 Å². The van der Waals surface area contributed by atoms with Crippen LogP contribution in [-0.2, 0) is 0 Å². The standard InChI is InChI=1S/C19H22N2O2S/c22-14-17(15-8-3-1-4-9-15)12-7-13-20-19(24)21-18(23)16-10-5-2-6-11-16/h1-6,8-11,17,22H,7,12-14H2,(H2,20,21,23,24). The minimum Gasteiger partial charge on any atom is -0.396 e. The Morgan fingerprint density at radius 1 is 1.04 bits per heavy atom. The number of hydrogen-bond acceptors (Lipinski definition) is 3. The number of aliphatic hydroxyl groups excluding tert-OH is 1. The number of carbonyl (C=O) groups excluding carboxylic acids is 1. The van der Waals surface area contributed by atoms with Crippen molar-refractivity contribution >= 4 is 23.2 Å². The van der Waals surface area contributed by atoms with Crippen molar-refractivity contribution in [3.05, 3.63) is 71.8 Å². The van der Waals surface area contributed by atoms with E-state index in [0.29, 0.717) is 17.2 Å². The number of aliphatic hydroxyl groups is 1. The molecule has 0 aliphatic rings. The highest BCUT2D eigenvalue weighted by Crippen LogP contribution is 2.19. The molecule has 0 spiro atoms. The second-order valence-electron chi connectivity index (χ2n) is 5.51. The zero-order chi connectivity index (χ0) is 17.2. The quantitative estimate of drug-likeness (QED) is 0.535. The molecule has 126 valence electrons. The van der Waals surface area contributed by atoms with E-state index in [2.05, 4.69) is 10.6 Å². The lowest BCUT2D eigenvalue weighted by atomic mass is 9.95. The van der Waals surface area contributed by atoms with E-state index in [1.165, 1.54) is 0 Å². The first-order valence-electron chi connectivity index (χ1n) is 8.00. The summed E-state index contributed by atoms with van der Waals surface area (Å²) in [6.07, 6.45) is 1.70. The zero-order valence-corrected chi connectivity index (χ0v) is 14.3. The molecular formula is C19H22N2O2S. The fourth-order valence-corrected chi connectivity index (χ4v) is 2.64. The summed E-state index contributed by atoms with van der Waals surface area (Å²) in [5.74, 6) is -0.0916. The molecule has 3 N–H and O–H groups in total. The van der Waals surface area contributed by atoms with Crippen LogP contribution in [0.15, 0.2) is 60.7 Å². The summed E-state index contributed by atoms with van der Waals surface area (Å²) >= 11 is 5.14. The van der Waals surface area contributed by atoms with Crippen molar-refractivity contribution in [2.24, 2.45) is 0 Å². The highest BCUT2D eigenvalue weighted by Gasteiger charge is 2.10. The van der Waals surface area contributed by atoms with Gasteiger partial charge in [0.05, 0.1) is 0 Å². The Morgan fingerprint density at radius 2 is 1.67 bits per heavy atom. The van der Waals surface area contributed by atoms with Gasteiger partial charge in [-0.25, -0.2) is 0 Å². The van der Waals surface area contributed by atoms with Gasteiger partial charge < -0.3 is 10.4 Å². The summed E-state index contributed by atoms with van der Waals surface area (Å²) in [7, 11) is 0. The predicted molar refractivity (Wildman–Crippen MR) is 100 cm³/mol. The largest absolute Gasteiger partial charge is 0.396 e. The van der Waals surface area contributed by atoms with Gasteiger partial charge in [0.1, 0.15) is 0 Å². The third kappa shape index (κ3) is 5.76. The maximum Gasteiger partial charge on any atom is 0.257 e. The Bertz CT molecular complexity index is 647. The van der Waals surface area contributed by atoms with E-state index in [1.807, 2.05) is 48.5 Å². The van der Waals surface area contributed by atoms with Crippen LogP contribution in [0.3, 0.4) is 0 Å². The molecule has 0 bridgehead atoms. The van der Waals surface area contributed by atoms with Gasteiger partial charge in [0.25, 0.3) is 5.91 Å². The number of carbonyl (C=O) groups is 1. The van der Waals surface area contributed by atoms with E-state index in [0.717, 1.165) is 18.4 Å². The van der Waals surface area contributed by atoms with E-state index in [-0.39, 0.29) is 18.4 Å². The third-order valence-electron chi connectivity index (χ3n) is 3.77. The van der Waals surface area contributed by atoms with Crippen LogP contribution in [0.4, 0.5) is 0 Å². The number of thiocarbonyl (C=S) groups is 1. The highest BCUT2D eigenvalue weighted by molar-refractivity contribution is 7.80. The zero-order valence-electron chi connectivity index (χ0n) is 13.4. The summed E-state index contributed by atoms with van der Waals surface area (Å²) < 4.78 is 0. The molecule has 0 aromatic heterocycles. The summed E-state index contributed by atoms with van der Waals surface area (Å²) in [5, 5.41) is 15.5. The van der Waals surface area contributed by atoms with Crippen molar-refractivity contribution in [3.8, 4) is 0 Å². The fourth-order valence-electron chi connectivity index (χ4n) is 2.45. The van der Waals surface area contributed by atoms with Crippen LogP contribution in [0, 0.1) is 0 Å². The van der Waals surface area contributed by atoms with Crippen molar-refractivity contribution in [3.63, 3.8) is 0 Å². The van der Waals surface area contributed by atoms with Gasteiger partial charge in [-0.2, -0.15) is 0 Å². The molecule has 2 rings (SSSR count). The molecule has 0 fully saturated rings. The Hall–Kier alpha value is -2.24. The van der Waals surface area contributed by atoms with E-state index >= 15 is 0 Å². The minimum atomic E-state index is -0.217. The van der Waals surface area contributed by atoms with Crippen molar-refractivity contribution < 1.29 is 9.90 Å². The number of hydrogen-bond donors (Lipinski definition) is 3. The van der Waals surface area contributed by atoms with Crippen LogP contribution in [0.1, 0.15) is 34.7 Å². The normalized spacial score (nSPS) is 11.5. The SMILES string of the molecule is O=C(NC(=S)NCCCC(CO)c1ccccc1)c1ccccc1. The smallest absolute Gasteiger partial charge is 0.257 e. The van der Waals surface area contributed by atoms with Gasteiger partial charge in [0, 0.05) is 24.6 Å². The molecule has 0 heterocycles. The monoisotopic (exact) mass is 342 g/mol. The highest BCUT2D eigenvalue weighted by atomic mass is 32.1. The van der Waals surface area contributed by atoms with Gasteiger partial charge >= 0.3 is 0 Å². The molecule has 1 unspecified atom stereocenters. The molecule has 5 heteroatoms. The molecule has 0 saturated heterocycles. The molecule has 0 aliphatic carbocycles. The lowest BCUT2D eigenvalue weighted by Gasteiger charge is -2.15. The molecule has 2 aromatic rings. The van der Waals surface area contributed by atoms with E-state index in [1.54, 1.807) is 12.1 Å². The molecule has 2 aromatic carbocycles. The van der Waals surface area contributed by atoms with Crippen LogP contribution < -0.4 is 10.6 Å².